The summed E-state index contributed by atoms with van der Waals surface area (Å²) < 4.78 is 0. The topological polar surface area (TPSA) is 50.2 Å². The zero-order chi connectivity index (χ0) is 13.8. The van der Waals surface area contributed by atoms with Crippen molar-refractivity contribution in [2.45, 2.75) is 31.3 Å². The third-order valence-electron chi connectivity index (χ3n) is 3.02. The molecule has 1 aromatic heterocycles. The van der Waals surface area contributed by atoms with Crippen molar-refractivity contribution < 1.29 is 9.90 Å². The van der Waals surface area contributed by atoms with E-state index in [9.17, 15) is 4.79 Å². The number of nitrogens with zero attached hydrogens (tertiary/aromatic N) is 1. The van der Waals surface area contributed by atoms with Gasteiger partial charge in [0.15, 0.2) is 0 Å². The number of hydrogen-bond acceptors (Lipinski definition) is 3. The first kappa shape index (κ1) is 13.9. The fourth-order valence-electron chi connectivity index (χ4n) is 2.07. The van der Waals surface area contributed by atoms with Crippen LogP contribution in [0, 0.1) is 6.92 Å². The molecular weight excluding hydrogens is 258 g/mol. The van der Waals surface area contributed by atoms with Crippen LogP contribution in [0.4, 0.5) is 0 Å². The van der Waals surface area contributed by atoms with Gasteiger partial charge in [0.05, 0.1) is 5.52 Å². The van der Waals surface area contributed by atoms with Crippen molar-refractivity contribution in [2.24, 2.45) is 0 Å². The van der Waals surface area contributed by atoms with Crippen molar-refractivity contribution in [1.82, 2.24) is 4.98 Å². The molecular formula is C15H17NO2S. The maximum atomic E-state index is 11.0. The third kappa shape index (κ3) is 3.26. The molecule has 3 nitrogen and oxygen atoms in total. The van der Waals surface area contributed by atoms with E-state index in [0.29, 0.717) is 12.2 Å². The second kappa shape index (κ2) is 6.06. The first-order valence-corrected chi connectivity index (χ1v) is 7.36. The molecule has 0 fully saturated rings. The minimum Gasteiger partial charge on any atom is -0.480 e. The summed E-state index contributed by atoms with van der Waals surface area (Å²) in [6.45, 7) is 3.87. The van der Waals surface area contributed by atoms with Gasteiger partial charge in [-0.05, 0) is 31.0 Å². The van der Waals surface area contributed by atoms with Crippen LogP contribution in [-0.4, -0.2) is 21.3 Å². The predicted octanol–water partition coefficient (Wildman–Crippen LogP) is 3.64. The number of para-hydroxylation sites is 1. The average molecular weight is 275 g/mol. The summed E-state index contributed by atoms with van der Waals surface area (Å²) >= 11 is 1.48. The number of rotatable bonds is 5. The van der Waals surface area contributed by atoms with Crippen molar-refractivity contribution >= 4 is 28.6 Å². The molecule has 0 aliphatic heterocycles. The summed E-state index contributed by atoms with van der Waals surface area (Å²) in [4.78, 5) is 15.5. The average Bonchev–Trinajstić information content (AvgIpc) is 2.38. The van der Waals surface area contributed by atoms with Crippen LogP contribution >= 0.6 is 11.8 Å². The van der Waals surface area contributed by atoms with Crippen LogP contribution in [0.25, 0.3) is 10.9 Å². The van der Waals surface area contributed by atoms with Crippen molar-refractivity contribution in [3.05, 3.63) is 41.6 Å². The lowest BCUT2D eigenvalue weighted by molar-refractivity contribution is -0.136. The molecule has 19 heavy (non-hydrogen) atoms. The lowest BCUT2D eigenvalue weighted by Gasteiger charge is -2.11. The zero-order valence-corrected chi connectivity index (χ0v) is 11.9. The Balaban J connectivity index is 2.27. The van der Waals surface area contributed by atoms with Crippen molar-refractivity contribution in [3.8, 4) is 0 Å². The van der Waals surface area contributed by atoms with Crippen LogP contribution in [0.2, 0.25) is 0 Å². The molecule has 4 heteroatoms. The third-order valence-corrected chi connectivity index (χ3v) is 4.43. The minimum absolute atomic E-state index is 0.341. The number of hydrogen-bond donors (Lipinski definition) is 1. The molecule has 0 aliphatic rings. The van der Waals surface area contributed by atoms with Gasteiger partial charge in [-0.1, -0.05) is 25.1 Å². The summed E-state index contributed by atoms with van der Waals surface area (Å²) in [7, 11) is 0. The van der Waals surface area contributed by atoms with Crippen molar-refractivity contribution in [1.29, 1.82) is 0 Å². The van der Waals surface area contributed by atoms with Gasteiger partial charge in [0.1, 0.15) is 5.25 Å². The van der Waals surface area contributed by atoms with Crippen LogP contribution in [0.3, 0.4) is 0 Å². The van der Waals surface area contributed by atoms with Gasteiger partial charge in [-0.15, -0.1) is 11.8 Å². The van der Waals surface area contributed by atoms with E-state index in [4.69, 9.17) is 5.11 Å². The van der Waals surface area contributed by atoms with Gasteiger partial charge < -0.3 is 5.11 Å². The minimum atomic E-state index is -0.734. The molecule has 1 unspecified atom stereocenters. The van der Waals surface area contributed by atoms with Gasteiger partial charge in [-0.2, -0.15) is 0 Å². The first-order valence-electron chi connectivity index (χ1n) is 6.31. The van der Waals surface area contributed by atoms with Crippen molar-refractivity contribution in [2.75, 3.05) is 0 Å². The van der Waals surface area contributed by atoms with Crippen LogP contribution in [-0.2, 0) is 10.5 Å². The zero-order valence-electron chi connectivity index (χ0n) is 11.1. The number of aryl methyl sites for hydroxylation is 1. The fraction of sp³-hybridized carbons (Fsp3) is 0.333. The molecule has 0 aliphatic carbocycles. The molecule has 2 aromatic rings. The van der Waals surface area contributed by atoms with Gasteiger partial charge in [0, 0.05) is 16.8 Å². The van der Waals surface area contributed by atoms with Gasteiger partial charge in [0.25, 0.3) is 0 Å². The molecule has 0 radical (unpaired) electrons. The van der Waals surface area contributed by atoms with E-state index < -0.39 is 5.97 Å². The largest absolute Gasteiger partial charge is 0.480 e. The van der Waals surface area contributed by atoms with E-state index in [2.05, 4.69) is 4.98 Å². The maximum absolute atomic E-state index is 11.0. The summed E-state index contributed by atoms with van der Waals surface area (Å²) in [5, 5.41) is 9.86. The number of benzene rings is 1. The standard InChI is InChI=1S/C15H17NO2S/c1-3-14(15(17)18)19-9-11-8-10(2)16-13-7-5-4-6-12(11)13/h4-8,14H,3,9H2,1-2H3,(H,17,18). The maximum Gasteiger partial charge on any atom is 0.316 e. The Morgan fingerprint density at radius 3 is 2.84 bits per heavy atom. The summed E-state index contributed by atoms with van der Waals surface area (Å²) in [5.41, 5.74) is 3.10. The quantitative estimate of drug-likeness (QED) is 0.905. The number of carboxylic acids is 1. The molecule has 100 valence electrons. The Labute approximate surface area is 117 Å². The highest BCUT2D eigenvalue weighted by Gasteiger charge is 2.16. The van der Waals surface area contributed by atoms with Crippen LogP contribution in [0.5, 0.6) is 0 Å². The number of thioether (sulfide) groups is 1. The van der Waals surface area contributed by atoms with Gasteiger partial charge in [0.2, 0.25) is 0 Å². The number of pyridine rings is 1. The number of aliphatic carboxylic acids is 1. The van der Waals surface area contributed by atoms with Gasteiger partial charge >= 0.3 is 5.97 Å². The van der Waals surface area contributed by atoms with Gasteiger partial charge in [-0.3, -0.25) is 9.78 Å². The molecule has 0 saturated carbocycles. The number of aromatic nitrogens is 1. The predicted molar refractivity (Wildman–Crippen MR) is 79.5 cm³/mol. The molecule has 2 rings (SSSR count). The van der Waals surface area contributed by atoms with Crippen LogP contribution in [0.1, 0.15) is 24.6 Å². The monoisotopic (exact) mass is 275 g/mol. The molecule has 0 bridgehead atoms. The molecule has 0 amide bonds. The highest BCUT2D eigenvalue weighted by molar-refractivity contribution is 7.99. The molecule has 1 N–H and O–H groups in total. The Hall–Kier alpha value is -1.55. The van der Waals surface area contributed by atoms with Crippen LogP contribution in [0.15, 0.2) is 30.3 Å². The number of fused-ring (bicyclic) bond motifs is 1. The van der Waals surface area contributed by atoms with Crippen molar-refractivity contribution in [3.63, 3.8) is 0 Å². The smallest absolute Gasteiger partial charge is 0.316 e. The van der Waals surface area contributed by atoms with E-state index in [-0.39, 0.29) is 5.25 Å². The van der Waals surface area contributed by atoms with E-state index in [0.717, 1.165) is 22.2 Å². The number of carbonyl (C=O) groups is 1. The van der Waals surface area contributed by atoms with E-state index in [1.807, 2.05) is 44.2 Å². The second-order valence-corrected chi connectivity index (χ2v) is 5.68. The first-order chi connectivity index (χ1) is 9.11. The lowest BCUT2D eigenvalue weighted by Crippen LogP contribution is -2.15. The fourth-order valence-corrected chi connectivity index (χ4v) is 3.07. The Bertz CT molecular complexity index is 598. The summed E-state index contributed by atoms with van der Waals surface area (Å²) in [5.74, 6) is -0.0307. The molecule has 1 atom stereocenters. The number of carboxylic acid groups (broad SMARTS) is 1. The lowest BCUT2D eigenvalue weighted by atomic mass is 10.1. The summed E-state index contributed by atoms with van der Waals surface area (Å²) in [6.07, 6.45) is 0.641. The Morgan fingerprint density at radius 2 is 2.16 bits per heavy atom. The second-order valence-electron chi connectivity index (χ2n) is 4.49. The summed E-state index contributed by atoms with van der Waals surface area (Å²) in [6, 6.07) is 10.0. The van der Waals surface area contributed by atoms with E-state index in [1.54, 1.807) is 0 Å². The van der Waals surface area contributed by atoms with Gasteiger partial charge in [-0.25, -0.2) is 0 Å². The molecule has 1 aromatic carbocycles. The van der Waals surface area contributed by atoms with E-state index >= 15 is 0 Å². The molecule has 1 heterocycles. The normalized spacial score (nSPS) is 12.5. The van der Waals surface area contributed by atoms with Crippen LogP contribution < -0.4 is 0 Å². The highest BCUT2D eigenvalue weighted by Crippen LogP contribution is 2.26. The Morgan fingerprint density at radius 1 is 1.42 bits per heavy atom. The molecule has 0 saturated heterocycles. The molecule has 0 spiro atoms. The Kier molecular flexibility index (Phi) is 4.43. The SMILES string of the molecule is CCC(SCc1cc(C)nc2ccccc12)C(=O)O. The highest BCUT2D eigenvalue weighted by atomic mass is 32.2. The van der Waals surface area contributed by atoms with E-state index in [1.165, 1.54) is 11.8 Å².